The first-order valence-electron chi connectivity index (χ1n) is 11.2. The smallest absolute Gasteiger partial charge is 0.194 e. The number of hydrogen-bond donors (Lipinski definition) is 1. The molecule has 0 atom stereocenters. The molecule has 6 heteroatoms. The Hall–Kier alpha value is -2.89. The fraction of sp³-hybridized carbons (Fsp3) is 0.333. The molecule has 0 amide bonds. The van der Waals surface area contributed by atoms with Gasteiger partial charge in [-0.25, -0.2) is 22.0 Å². The van der Waals surface area contributed by atoms with Gasteiger partial charge in [0.1, 0.15) is 17.4 Å². The number of aryl methyl sites for hydroxylation is 2. The summed E-state index contributed by atoms with van der Waals surface area (Å²) in [5.41, 5.74) is 1.13. The Morgan fingerprint density at radius 2 is 1.27 bits per heavy atom. The van der Waals surface area contributed by atoms with Gasteiger partial charge in [0, 0.05) is 11.6 Å². The van der Waals surface area contributed by atoms with Crippen LogP contribution in [0.4, 0.5) is 22.0 Å². The maximum atomic E-state index is 15.2. The van der Waals surface area contributed by atoms with Crippen LogP contribution in [-0.4, -0.2) is 5.11 Å². The van der Waals surface area contributed by atoms with Crippen molar-refractivity contribution >= 4 is 0 Å². The van der Waals surface area contributed by atoms with Gasteiger partial charge in [0.2, 0.25) is 0 Å². The molecule has 0 aliphatic heterocycles. The molecule has 0 fully saturated rings. The van der Waals surface area contributed by atoms with Gasteiger partial charge in [0.05, 0.1) is 5.56 Å². The van der Waals surface area contributed by atoms with E-state index in [-0.39, 0.29) is 29.5 Å². The van der Waals surface area contributed by atoms with Crippen molar-refractivity contribution in [3.8, 4) is 16.9 Å². The lowest BCUT2D eigenvalue weighted by Crippen LogP contribution is -2.03. The molecular formula is C27H27F5O. The van der Waals surface area contributed by atoms with Crippen molar-refractivity contribution in [1.82, 2.24) is 0 Å². The molecule has 0 saturated carbocycles. The molecule has 0 aliphatic carbocycles. The summed E-state index contributed by atoms with van der Waals surface area (Å²) in [5.74, 6) is -6.72. The number of hydrogen-bond acceptors (Lipinski definition) is 1. The summed E-state index contributed by atoms with van der Waals surface area (Å²) in [7, 11) is 0. The van der Waals surface area contributed by atoms with E-state index in [1.807, 2.05) is 12.1 Å². The predicted molar refractivity (Wildman–Crippen MR) is 120 cm³/mol. The lowest BCUT2D eigenvalue weighted by molar-refractivity contribution is 0.445. The van der Waals surface area contributed by atoms with Crippen LogP contribution in [0.25, 0.3) is 11.1 Å². The molecule has 3 aromatic rings. The SMILES string of the molecule is CCCCCCCc1ccc(-c2c(O)cc(F)c(CCc3cc(F)c(F)c(F)c3)c2F)cc1. The molecule has 0 bridgehead atoms. The second kappa shape index (κ2) is 11.3. The number of aromatic hydroxyl groups is 1. The molecule has 176 valence electrons. The van der Waals surface area contributed by atoms with Crippen LogP contribution in [0.5, 0.6) is 5.75 Å². The van der Waals surface area contributed by atoms with E-state index in [4.69, 9.17) is 0 Å². The number of phenols is 1. The normalized spacial score (nSPS) is 11.2. The molecular weight excluding hydrogens is 435 g/mol. The largest absolute Gasteiger partial charge is 0.507 e. The first-order chi connectivity index (χ1) is 15.8. The van der Waals surface area contributed by atoms with Crippen LogP contribution in [0.15, 0.2) is 42.5 Å². The summed E-state index contributed by atoms with van der Waals surface area (Å²) in [4.78, 5) is 0. The van der Waals surface area contributed by atoms with Crippen LogP contribution in [-0.2, 0) is 19.3 Å². The van der Waals surface area contributed by atoms with Crippen LogP contribution >= 0.6 is 0 Å². The summed E-state index contributed by atoms with van der Waals surface area (Å²) in [6.45, 7) is 2.16. The number of unbranched alkanes of at least 4 members (excludes halogenated alkanes) is 4. The van der Waals surface area contributed by atoms with Crippen molar-refractivity contribution in [3.63, 3.8) is 0 Å². The highest BCUT2D eigenvalue weighted by molar-refractivity contribution is 5.72. The summed E-state index contributed by atoms with van der Waals surface area (Å²) in [6.07, 6.45) is 6.38. The van der Waals surface area contributed by atoms with Crippen LogP contribution < -0.4 is 0 Å². The zero-order valence-corrected chi connectivity index (χ0v) is 18.5. The van der Waals surface area contributed by atoms with E-state index < -0.39 is 34.8 Å². The number of rotatable bonds is 10. The molecule has 0 spiro atoms. The lowest BCUT2D eigenvalue weighted by Gasteiger charge is -2.13. The average molecular weight is 463 g/mol. The molecule has 0 heterocycles. The zero-order chi connectivity index (χ0) is 24.0. The minimum Gasteiger partial charge on any atom is -0.507 e. The van der Waals surface area contributed by atoms with Gasteiger partial charge in [-0.1, -0.05) is 56.9 Å². The summed E-state index contributed by atoms with van der Waals surface area (Å²) in [5, 5.41) is 10.2. The summed E-state index contributed by atoms with van der Waals surface area (Å²) >= 11 is 0. The minimum atomic E-state index is -1.59. The third kappa shape index (κ3) is 6.12. The van der Waals surface area contributed by atoms with E-state index in [1.54, 1.807) is 12.1 Å². The number of phenolic OH excluding ortho intramolecular Hbond substituents is 1. The van der Waals surface area contributed by atoms with Crippen molar-refractivity contribution in [2.75, 3.05) is 0 Å². The van der Waals surface area contributed by atoms with Crippen molar-refractivity contribution in [1.29, 1.82) is 0 Å². The first kappa shape index (κ1) is 24.7. The minimum absolute atomic E-state index is 0.0723. The van der Waals surface area contributed by atoms with Gasteiger partial charge in [-0.15, -0.1) is 0 Å². The van der Waals surface area contributed by atoms with Gasteiger partial charge in [-0.05, 0) is 54.5 Å². The molecule has 0 saturated heterocycles. The molecule has 1 N–H and O–H groups in total. The van der Waals surface area contributed by atoms with E-state index >= 15 is 4.39 Å². The van der Waals surface area contributed by atoms with Crippen LogP contribution in [0.2, 0.25) is 0 Å². The van der Waals surface area contributed by atoms with Gasteiger partial charge in [-0.2, -0.15) is 0 Å². The third-order valence-electron chi connectivity index (χ3n) is 5.81. The highest BCUT2D eigenvalue weighted by Crippen LogP contribution is 2.36. The van der Waals surface area contributed by atoms with Crippen molar-refractivity contribution < 1.29 is 27.1 Å². The van der Waals surface area contributed by atoms with Gasteiger partial charge in [0.25, 0.3) is 0 Å². The lowest BCUT2D eigenvalue weighted by atomic mass is 9.95. The van der Waals surface area contributed by atoms with E-state index in [1.165, 1.54) is 19.3 Å². The summed E-state index contributed by atoms with van der Waals surface area (Å²) < 4.78 is 69.6. The van der Waals surface area contributed by atoms with E-state index in [0.29, 0.717) is 5.56 Å². The Morgan fingerprint density at radius 1 is 0.636 bits per heavy atom. The Balaban J connectivity index is 1.78. The monoisotopic (exact) mass is 462 g/mol. The molecule has 33 heavy (non-hydrogen) atoms. The standard InChI is InChI=1S/C27H27F5O/c1-2-3-4-5-6-7-17-8-11-19(12-9-17)25-24(33)16-21(28)20(26(25)31)13-10-18-14-22(29)27(32)23(30)15-18/h8-9,11-12,14-16,33H,2-7,10,13H2,1H3. The fourth-order valence-corrected chi connectivity index (χ4v) is 3.94. The van der Waals surface area contributed by atoms with Crippen molar-refractivity contribution in [3.05, 3.63) is 88.2 Å². The van der Waals surface area contributed by atoms with Crippen LogP contribution in [0, 0.1) is 29.1 Å². The van der Waals surface area contributed by atoms with Gasteiger partial charge in [-0.3, -0.25) is 0 Å². The average Bonchev–Trinajstić information content (AvgIpc) is 2.78. The highest BCUT2D eigenvalue weighted by atomic mass is 19.2. The van der Waals surface area contributed by atoms with E-state index in [0.717, 1.165) is 43.0 Å². The Labute approximate surface area is 190 Å². The van der Waals surface area contributed by atoms with Crippen molar-refractivity contribution in [2.45, 2.75) is 58.3 Å². The molecule has 0 aromatic heterocycles. The molecule has 0 unspecified atom stereocenters. The first-order valence-corrected chi connectivity index (χ1v) is 11.2. The van der Waals surface area contributed by atoms with Gasteiger partial charge >= 0.3 is 0 Å². The number of halogens is 5. The van der Waals surface area contributed by atoms with Crippen LogP contribution in [0.3, 0.4) is 0 Å². The van der Waals surface area contributed by atoms with Gasteiger partial charge in [0.15, 0.2) is 17.5 Å². The molecule has 1 nitrogen and oxygen atoms in total. The molecule has 3 aromatic carbocycles. The second-order valence-corrected chi connectivity index (χ2v) is 8.28. The highest BCUT2D eigenvalue weighted by Gasteiger charge is 2.20. The topological polar surface area (TPSA) is 20.2 Å². The van der Waals surface area contributed by atoms with Gasteiger partial charge < -0.3 is 5.11 Å². The zero-order valence-electron chi connectivity index (χ0n) is 18.5. The predicted octanol–water partition coefficient (Wildman–Crippen LogP) is 8.05. The molecule has 0 aliphatic rings. The van der Waals surface area contributed by atoms with E-state index in [9.17, 15) is 22.7 Å². The Morgan fingerprint density at radius 3 is 1.91 bits per heavy atom. The Kier molecular flexibility index (Phi) is 8.48. The van der Waals surface area contributed by atoms with E-state index in [2.05, 4.69) is 6.92 Å². The fourth-order valence-electron chi connectivity index (χ4n) is 3.94. The number of benzene rings is 3. The third-order valence-corrected chi connectivity index (χ3v) is 5.81. The maximum Gasteiger partial charge on any atom is 0.194 e. The van der Waals surface area contributed by atoms with Crippen molar-refractivity contribution in [2.24, 2.45) is 0 Å². The summed E-state index contributed by atoms with van der Waals surface area (Å²) in [6, 6.07) is 9.54. The van der Waals surface area contributed by atoms with Crippen LogP contribution in [0.1, 0.15) is 55.7 Å². The quantitative estimate of drug-likeness (QED) is 0.184. The Bertz CT molecular complexity index is 1070. The maximum absolute atomic E-state index is 15.2. The molecule has 0 radical (unpaired) electrons. The second-order valence-electron chi connectivity index (χ2n) is 8.28. The molecule has 3 rings (SSSR count).